The molecule has 1 fully saturated rings. The zero-order valence-electron chi connectivity index (χ0n) is 24.5. The third-order valence-corrected chi connectivity index (χ3v) is 8.52. The molecule has 5 heterocycles. The lowest BCUT2D eigenvalue weighted by Gasteiger charge is -2.41. The summed E-state index contributed by atoms with van der Waals surface area (Å²) in [7, 11) is 0. The van der Waals surface area contributed by atoms with Crippen LogP contribution < -0.4 is 5.32 Å². The van der Waals surface area contributed by atoms with Crippen LogP contribution in [0.3, 0.4) is 0 Å². The van der Waals surface area contributed by atoms with Crippen LogP contribution in [0, 0.1) is 18.6 Å². The number of benzene rings is 1. The van der Waals surface area contributed by atoms with Crippen LogP contribution >= 0.6 is 0 Å². The van der Waals surface area contributed by atoms with E-state index in [2.05, 4.69) is 50.0 Å². The second-order valence-corrected chi connectivity index (χ2v) is 11.8. The van der Waals surface area contributed by atoms with Crippen molar-refractivity contribution in [2.75, 3.05) is 25.0 Å². The maximum atomic E-state index is 15.1. The fourth-order valence-corrected chi connectivity index (χ4v) is 6.39. The van der Waals surface area contributed by atoms with Crippen molar-refractivity contribution < 1.29 is 8.78 Å². The van der Waals surface area contributed by atoms with Gasteiger partial charge in [0.15, 0.2) is 11.6 Å². The molecule has 41 heavy (non-hydrogen) atoms. The fourth-order valence-electron chi connectivity index (χ4n) is 6.39. The van der Waals surface area contributed by atoms with Crippen molar-refractivity contribution in [3.05, 3.63) is 59.2 Å². The quantitative estimate of drug-likeness (QED) is 0.309. The number of anilines is 2. The first-order valence-electron chi connectivity index (χ1n) is 14.6. The van der Waals surface area contributed by atoms with Gasteiger partial charge in [-0.25, -0.2) is 28.7 Å². The Bertz CT molecular complexity index is 1570. The SMILES string of the molecule is Cc1nc2c(F)cc(-c3nc(Nc4ccc5c(n4)CCN(C4CCN(C(C)C)CC4)C5)ncc3F)cc2n1C(C)C. The molecule has 10 heteroatoms. The Hall–Kier alpha value is -3.50. The number of piperidine rings is 1. The van der Waals surface area contributed by atoms with E-state index < -0.39 is 11.6 Å². The van der Waals surface area contributed by atoms with Crippen LogP contribution in [0.5, 0.6) is 0 Å². The predicted octanol–water partition coefficient (Wildman–Crippen LogP) is 6.03. The number of aryl methyl sites for hydroxylation is 1. The third-order valence-electron chi connectivity index (χ3n) is 8.52. The Kier molecular flexibility index (Phi) is 7.46. The van der Waals surface area contributed by atoms with E-state index in [4.69, 9.17) is 4.98 Å². The zero-order chi connectivity index (χ0) is 28.8. The molecular weight excluding hydrogens is 522 g/mol. The predicted molar refractivity (Wildman–Crippen MR) is 157 cm³/mol. The molecule has 2 aliphatic rings. The van der Waals surface area contributed by atoms with Crippen molar-refractivity contribution >= 4 is 22.8 Å². The zero-order valence-corrected chi connectivity index (χ0v) is 24.5. The lowest BCUT2D eigenvalue weighted by Crippen LogP contribution is -2.48. The van der Waals surface area contributed by atoms with Crippen molar-refractivity contribution in [3.63, 3.8) is 0 Å². The molecule has 8 nitrogen and oxygen atoms in total. The largest absolute Gasteiger partial charge is 0.326 e. The molecule has 1 saturated heterocycles. The number of halogens is 2. The van der Waals surface area contributed by atoms with E-state index in [0.29, 0.717) is 34.8 Å². The summed E-state index contributed by atoms with van der Waals surface area (Å²) in [5.74, 6) is 0.379. The summed E-state index contributed by atoms with van der Waals surface area (Å²) in [5, 5.41) is 3.14. The molecule has 0 unspecified atom stereocenters. The first-order valence-corrected chi connectivity index (χ1v) is 14.6. The highest BCUT2D eigenvalue weighted by atomic mass is 19.1. The standard InChI is InChI=1S/C31H38F2N8/c1-18(2)39-11-8-23(9-12-39)40-13-10-26-21(17-40)6-7-28(36-26)37-31-34-16-25(33)29(38-31)22-14-24(32)30-27(15-22)41(19(3)4)20(5)35-30/h6-7,14-16,18-19,23H,8-13,17H2,1-5H3,(H,34,36,37,38). The molecule has 1 N–H and O–H groups in total. The highest BCUT2D eigenvalue weighted by Crippen LogP contribution is 2.31. The molecule has 0 radical (unpaired) electrons. The van der Waals surface area contributed by atoms with Crippen molar-refractivity contribution in [2.45, 2.75) is 78.6 Å². The van der Waals surface area contributed by atoms with E-state index in [-0.39, 0.29) is 23.2 Å². The topological polar surface area (TPSA) is 75.0 Å². The molecule has 2 aliphatic heterocycles. The average molecular weight is 561 g/mol. The van der Waals surface area contributed by atoms with E-state index >= 15 is 4.39 Å². The summed E-state index contributed by atoms with van der Waals surface area (Å²) in [6.07, 6.45) is 4.41. The summed E-state index contributed by atoms with van der Waals surface area (Å²) in [6.45, 7) is 14.6. The maximum absolute atomic E-state index is 15.1. The number of nitrogens with zero attached hydrogens (tertiary/aromatic N) is 7. The van der Waals surface area contributed by atoms with Crippen molar-refractivity contribution in [1.82, 2.24) is 34.3 Å². The highest BCUT2D eigenvalue weighted by Gasteiger charge is 2.28. The first-order chi connectivity index (χ1) is 19.7. The van der Waals surface area contributed by atoms with Gasteiger partial charge in [0.05, 0.1) is 11.7 Å². The number of hydrogen-bond donors (Lipinski definition) is 1. The van der Waals surface area contributed by atoms with E-state index in [0.717, 1.165) is 44.5 Å². The van der Waals surface area contributed by atoms with E-state index in [1.165, 1.54) is 24.5 Å². The van der Waals surface area contributed by atoms with Crippen molar-refractivity contribution in [1.29, 1.82) is 0 Å². The summed E-state index contributed by atoms with van der Waals surface area (Å²) in [5.41, 5.74) is 3.54. The lowest BCUT2D eigenvalue weighted by molar-refractivity contribution is 0.0834. The summed E-state index contributed by atoms with van der Waals surface area (Å²) < 4.78 is 31.9. The number of hydrogen-bond acceptors (Lipinski definition) is 7. The minimum atomic E-state index is -0.626. The van der Waals surface area contributed by atoms with Crippen molar-refractivity contribution in [3.8, 4) is 11.3 Å². The van der Waals surface area contributed by atoms with E-state index in [1.54, 1.807) is 6.07 Å². The van der Waals surface area contributed by atoms with Crippen LogP contribution in [0.25, 0.3) is 22.3 Å². The van der Waals surface area contributed by atoms with Gasteiger partial charge in [-0.3, -0.25) is 4.90 Å². The monoisotopic (exact) mass is 560 g/mol. The summed E-state index contributed by atoms with van der Waals surface area (Å²) in [4.78, 5) is 23.0. The van der Waals surface area contributed by atoms with Crippen LogP contribution in [-0.2, 0) is 13.0 Å². The molecule has 6 rings (SSSR count). The number of nitrogens with one attached hydrogen (secondary N) is 1. The van der Waals surface area contributed by atoms with Gasteiger partial charge in [0.25, 0.3) is 0 Å². The van der Waals surface area contributed by atoms with Gasteiger partial charge in [-0.1, -0.05) is 6.07 Å². The molecule has 0 atom stereocenters. The Morgan fingerprint density at radius 2 is 1.71 bits per heavy atom. The van der Waals surface area contributed by atoms with E-state index in [9.17, 15) is 4.39 Å². The highest BCUT2D eigenvalue weighted by molar-refractivity contribution is 5.83. The van der Waals surface area contributed by atoms with Gasteiger partial charge in [-0.2, -0.15) is 0 Å². The first kappa shape index (κ1) is 27.7. The number of imidazole rings is 1. The molecule has 216 valence electrons. The van der Waals surface area contributed by atoms with Gasteiger partial charge in [-0.05, 0) is 84.3 Å². The normalized spacial score (nSPS) is 17.1. The van der Waals surface area contributed by atoms with Gasteiger partial charge in [0.1, 0.15) is 22.9 Å². The van der Waals surface area contributed by atoms with E-state index in [1.807, 2.05) is 31.4 Å². The molecule has 4 aromatic rings. The van der Waals surface area contributed by atoms with Gasteiger partial charge in [0.2, 0.25) is 5.95 Å². The number of fused-ring (bicyclic) bond motifs is 2. The summed E-state index contributed by atoms with van der Waals surface area (Å²) in [6, 6.07) is 8.36. The number of likely N-dealkylation sites (tertiary alicyclic amines) is 1. The van der Waals surface area contributed by atoms with Crippen LogP contribution in [-0.4, -0.2) is 66.0 Å². The number of pyridine rings is 1. The second-order valence-electron chi connectivity index (χ2n) is 11.8. The number of aromatic nitrogens is 5. The fraction of sp³-hybridized carbons (Fsp3) is 0.484. The van der Waals surface area contributed by atoms with Gasteiger partial charge in [-0.15, -0.1) is 0 Å². The van der Waals surface area contributed by atoms with Gasteiger partial charge >= 0.3 is 0 Å². The average Bonchev–Trinajstić information content (AvgIpc) is 3.30. The van der Waals surface area contributed by atoms with Crippen LogP contribution in [0.2, 0.25) is 0 Å². The second kappa shape index (κ2) is 11.1. The molecule has 0 spiro atoms. The maximum Gasteiger partial charge on any atom is 0.229 e. The summed E-state index contributed by atoms with van der Waals surface area (Å²) >= 11 is 0. The van der Waals surface area contributed by atoms with Crippen LogP contribution in [0.1, 0.15) is 63.7 Å². The third kappa shape index (κ3) is 5.42. The Balaban J connectivity index is 1.20. The molecule has 0 bridgehead atoms. The molecule has 0 amide bonds. The Morgan fingerprint density at radius 1 is 0.927 bits per heavy atom. The van der Waals surface area contributed by atoms with Gasteiger partial charge in [0, 0.05) is 48.9 Å². The van der Waals surface area contributed by atoms with Gasteiger partial charge < -0.3 is 14.8 Å². The lowest BCUT2D eigenvalue weighted by atomic mass is 9.97. The molecule has 1 aromatic carbocycles. The minimum absolute atomic E-state index is 0.0228. The molecular formula is C31H38F2N8. The molecule has 0 aliphatic carbocycles. The minimum Gasteiger partial charge on any atom is -0.326 e. The molecule has 3 aromatic heterocycles. The van der Waals surface area contributed by atoms with Crippen LogP contribution in [0.15, 0.2) is 30.5 Å². The van der Waals surface area contributed by atoms with Crippen molar-refractivity contribution in [2.24, 2.45) is 0 Å². The molecule has 0 saturated carbocycles. The number of rotatable bonds is 6. The Morgan fingerprint density at radius 3 is 2.44 bits per heavy atom. The van der Waals surface area contributed by atoms with Crippen LogP contribution in [0.4, 0.5) is 20.5 Å². The Labute approximate surface area is 239 Å². The smallest absolute Gasteiger partial charge is 0.229 e.